The predicted octanol–water partition coefficient (Wildman–Crippen LogP) is 3.63. The van der Waals surface area contributed by atoms with Crippen LogP contribution in [0.2, 0.25) is 0 Å². The molecule has 3 nitrogen and oxygen atoms in total. The third-order valence-electron chi connectivity index (χ3n) is 3.76. The second-order valence-corrected chi connectivity index (χ2v) is 5.18. The lowest BCUT2D eigenvalue weighted by Crippen LogP contribution is -2.18. The number of hydrogen-bond donors (Lipinski definition) is 1. The highest BCUT2D eigenvalue weighted by atomic mass is 16.5. The third-order valence-corrected chi connectivity index (χ3v) is 3.76. The maximum Gasteiger partial charge on any atom is 0.124 e. The zero-order chi connectivity index (χ0) is 15.4. The summed E-state index contributed by atoms with van der Waals surface area (Å²) in [5.74, 6) is 1.83. The smallest absolute Gasteiger partial charge is 0.124 e. The van der Waals surface area contributed by atoms with Crippen LogP contribution in [-0.4, -0.2) is 21.3 Å². The summed E-state index contributed by atoms with van der Waals surface area (Å²) in [6.07, 6.45) is 0. The summed E-state index contributed by atoms with van der Waals surface area (Å²) in [6, 6.07) is 12.7. The third kappa shape index (κ3) is 3.19. The predicted molar refractivity (Wildman–Crippen MR) is 86.4 cm³/mol. The fourth-order valence-electron chi connectivity index (χ4n) is 2.79. The normalized spacial score (nSPS) is 12.0. The van der Waals surface area contributed by atoms with Gasteiger partial charge in [-0.25, -0.2) is 0 Å². The summed E-state index contributed by atoms with van der Waals surface area (Å²) < 4.78 is 10.7. The lowest BCUT2D eigenvalue weighted by molar-refractivity contribution is 0.408. The summed E-state index contributed by atoms with van der Waals surface area (Å²) in [5.41, 5.74) is 4.75. The monoisotopic (exact) mass is 285 g/mol. The Morgan fingerprint density at radius 3 is 1.86 bits per heavy atom. The van der Waals surface area contributed by atoms with Gasteiger partial charge in [0, 0.05) is 0 Å². The van der Waals surface area contributed by atoms with E-state index in [9.17, 15) is 0 Å². The van der Waals surface area contributed by atoms with Gasteiger partial charge in [-0.05, 0) is 55.3 Å². The molecule has 1 atom stereocenters. The maximum atomic E-state index is 5.44. The minimum Gasteiger partial charge on any atom is -0.497 e. The largest absolute Gasteiger partial charge is 0.497 e. The molecule has 0 amide bonds. The summed E-state index contributed by atoms with van der Waals surface area (Å²) in [6.45, 7) is 4.16. The van der Waals surface area contributed by atoms with Gasteiger partial charge in [0.25, 0.3) is 0 Å². The Hall–Kier alpha value is -2.00. The summed E-state index contributed by atoms with van der Waals surface area (Å²) in [7, 11) is 5.37. The van der Waals surface area contributed by atoms with E-state index < -0.39 is 0 Å². The number of ether oxygens (including phenoxy) is 2. The van der Waals surface area contributed by atoms with Crippen molar-refractivity contribution in [1.82, 2.24) is 5.32 Å². The van der Waals surface area contributed by atoms with Crippen LogP contribution >= 0.6 is 0 Å². The van der Waals surface area contributed by atoms with E-state index in [0.29, 0.717) is 0 Å². The molecule has 2 rings (SSSR count). The first-order chi connectivity index (χ1) is 10.1. The van der Waals surface area contributed by atoms with Gasteiger partial charge in [-0.3, -0.25) is 0 Å². The van der Waals surface area contributed by atoms with Gasteiger partial charge >= 0.3 is 0 Å². The highest BCUT2D eigenvalue weighted by molar-refractivity contribution is 5.46. The van der Waals surface area contributed by atoms with Crippen LogP contribution < -0.4 is 14.8 Å². The van der Waals surface area contributed by atoms with Gasteiger partial charge in [0.2, 0.25) is 0 Å². The molecule has 21 heavy (non-hydrogen) atoms. The molecule has 2 aromatic rings. The van der Waals surface area contributed by atoms with Crippen molar-refractivity contribution in [3.63, 3.8) is 0 Å². The van der Waals surface area contributed by atoms with Crippen LogP contribution in [0.25, 0.3) is 0 Å². The van der Waals surface area contributed by atoms with Crippen molar-refractivity contribution in [1.29, 1.82) is 0 Å². The maximum absolute atomic E-state index is 5.44. The summed E-state index contributed by atoms with van der Waals surface area (Å²) in [5, 5.41) is 3.38. The minimum atomic E-state index is 0.152. The molecule has 0 fully saturated rings. The number of nitrogens with one attached hydrogen (secondary N) is 1. The molecular formula is C18H23NO2. The molecule has 0 aliphatic rings. The number of hydrogen-bond acceptors (Lipinski definition) is 3. The van der Waals surface area contributed by atoms with Gasteiger partial charge < -0.3 is 14.8 Å². The molecule has 0 aliphatic heterocycles. The lowest BCUT2D eigenvalue weighted by atomic mass is 9.95. The van der Waals surface area contributed by atoms with Crippen LogP contribution in [0, 0.1) is 13.8 Å². The standard InChI is InChI=1S/C18H23NO2/c1-12-10-15(11-13(2)18(12)21-5)17(19-3)14-6-8-16(20-4)9-7-14/h6-11,17,19H,1-5H3. The Kier molecular flexibility index (Phi) is 4.86. The molecule has 0 aromatic heterocycles. The molecule has 0 heterocycles. The van der Waals surface area contributed by atoms with Crippen molar-refractivity contribution in [2.75, 3.05) is 21.3 Å². The van der Waals surface area contributed by atoms with Crippen LogP contribution in [-0.2, 0) is 0 Å². The Labute approximate surface area is 126 Å². The van der Waals surface area contributed by atoms with Crippen LogP contribution in [0.1, 0.15) is 28.3 Å². The van der Waals surface area contributed by atoms with Crippen molar-refractivity contribution in [2.45, 2.75) is 19.9 Å². The molecule has 0 saturated carbocycles. The molecule has 0 bridgehead atoms. The van der Waals surface area contributed by atoms with E-state index in [0.717, 1.165) is 22.6 Å². The Morgan fingerprint density at radius 2 is 1.43 bits per heavy atom. The van der Waals surface area contributed by atoms with E-state index in [4.69, 9.17) is 9.47 Å². The number of benzene rings is 2. The van der Waals surface area contributed by atoms with Crippen molar-refractivity contribution >= 4 is 0 Å². The highest BCUT2D eigenvalue weighted by Gasteiger charge is 2.15. The number of rotatable bonds is 5. The van der Waals surface area contributed by atoms with Crippen molar-refractivity contribution in [2.24, 2.45) is 0 Å². The topological polar surface area (TPSA) is 30.5 Å². The first-order valence-corrected chi connectivity index (χ1v) is 7.07. The molecule has 0 radical (unpaired) electrons. The molecule has 1 N–H and O–H groups in total. The minimum absolute atomic E-state index is 0.152. The molecule has 0 spiro atoms. The van der Waals surface area contributed by atoms with E-state index in [1.54, 1.807) is 14.2 Å². The van der Waals surface area contributed by atoms with Crippen LogP contribution in [0.3, 0.4) is 0 Å². The van der Waals surface area contributed by atoms with Crippen molar-refractivity contribution in [3.8, 4) is 11.5 Å². The van der Waals surface area contributed by atoms with Gasteiger partial charge in [-0.1, -0.05) is 24.3 Å². The van der Waals surface area contributed by atoms with Crippen LogP contribution in [0.5, 0.6) is 11.5 Å². The van der Waals surface area contributed by atoms with Gasteiger partial charge in [0.1, 0.15) is 11.5 Å². The van der Waals surface area contributed by atoms with Crippen LogP contribution in [0.4, 0.5) is 0 Å². The average molecular weight is 285 g/mol. The fraction of sp³-hybridized carbons (Fsp3) is 0.333. The van der Waals surface area contributed by atoms with Gasteiger partial charge in [0.15, 0.2) is 0 Å². The van der Waals surface area contributed by atoms with E-state index in [1.165, 1.54) is 11.1 Å². The second kappa shape index (κ2) is 6.64. The van der Waals surface area contributed by atoms with Crippen molar-refractivity contribution in [3.05, 3.63) is 58.7 Å². The molecule has 0 saturated heterocycles. The molecule has 0 aliphatic carbocycles. The quantitative estimate of drug-likeness (QED) is 0.910. The lowest BCUT2D eigenvalue weighted by Gasteiger charge is -2.20. The second-order valence-electron chi connectivity index (χ2n) is 5.18. The number of aryl methyl sites for hydroxylation is 2. The Balaban J connectivity index is 2.41. The summed E-state index contributed by atoms with van der Waals surface area (Å²) >= 11 is 0. The van der Waals surface area contributed by atoms with Crippen LogP contribution in [0.15, 0.2) is 36.4 Å². The first kappa shape index (κ1) is 15.4. The highest BCUT2D eigenvalue weighted by Crippen LogP contribution is 2.30. The van der Waals surface area contributed by atoms with Gasteiger partial charge in [0.05, 0.1) is 20.3 Å². The zero-order valence-electron chi connectivity index (χ0n) is 13.4. The Morgan fingerprint density at radius 1 is 0.857 bits per heavy atom. The van der Waals surface area contributed by atoms with Gasteiger partial charge in [-0.2, -0.15) is 0 Å². The van der Waals surface area contributed by atoms with E-state index in [1.807, 2.05) is 19.2 Å². The molecule has 2 aromatic carbocycles. The number of methoxy groups -OCH3 is 2. The molecular weight excluding hydrogens is 262 g/mol. The summed E-state index contributed by atoms with van der Waals surface area (Å²) in [4.78, 5) is 0. The molecule has 1 unspecified atom stereocenters. The Bertz CT molecular complexity index is 582. The zero-order valence-corrected chi connectivity index (χ0v) is 13.4. The SMILES string of the molecule is CNC(c1ccc(OC)cc1)c1cc(C)c(OC)c(C)c1. The van der Waals surface area contributed by atoms with E-state index in [-0.39, 0.29) is 6.04 Å². The van der Waals surface area contributed by atoms with E-state index in [2.05, 4.69) is 43.4 Å². The van der Waals surface area contributed by atoms with E-state index >= 15 is 0 Å². The molecule has 112 valence electrons. The average Bonchev–Trinajstić information content (AvgIpc) is 2.48. The van der Waals surface area contributed by atoms with Gasteiger partial charge in [-0.15, -0.1) is 0 Å². The van der Waals surface area contributed by atoms with Crippen molar-refractivity contribution < 1.29 is 9.47 Å². The first-order valence-electron chi connectivity index (χ1n) is 7.07. The fourth-order valence-corrected chi connectivity index (χ4v) is 2.79. The molecule has 3 heteroatoms.